The molecule has 1 saturated heterocycles. The third-order valence-electron chi connectivity index (χ3n) is 3.54. The molecule has 3 heterocycles. The van der Waals surface area contributed by atoms with E-state index in [0.717, 1.165) is 25.2 Å². The third-order valence-corrected chi connectivity index (χ3v) is 3.54. The van der Waals surface area contributed by atoms with Gasteiger partial charge in [-0.3, -0.25) is 0 Å². The highest BCUT2D eigenvalue weighted by atomic mass is 19.1. The van der Waals surface area contributed by atoms with E-state index < -0.39 is 0 Å². The fourth-order valence-corrected chi connectivity index (χ4v) is 2.61. The summed E-state index contributed by atoms with van der Waals surface area (Å²) < 4.78 is 14.3. The van der Waals surface area contributed by atoms with Crippen molar-refractivity contribution < 1.29 is 4.39 Å². The number of halogens is 1. The van der Waals surface area contributed by atoms with E-state index in [1.54, 1.807) is 12.4 Å². The molecule has 3 rings (SSSR count). The molecule has 1 unspecified atom stereocenters. The number of nitrogens with one attached hydrogen (secondary N) is 1. The van der Waals surface area contributed by atoms with Crippen LogP contribution < -0.4 is 4.90 Å². The number of hydrogen-bond donors (Lipinski definition) is 1. The Labute approximate surface area is 110 Å². The van der Waals surface area contributed by atoms with E-state index in [9.17, 15) is 4.39 Å². The molecule has 100 valence electrons. The molecule has 1 fully saturated rings. The largest absolute Gasteiger partial charge is 0.347 e. The van der Waals surface area contributed by atoms with Gasteiger partial charge in [0, 0.05) is 18.9 Å². The van der Waals surface area contributed by atoms with Crippen molar-refractivity contribution in [3.8, 4) is 0 Å². The highest BCUT2D eigenvalue weighted by molar-refractivity contribution is 5.44. The molecule has 19 heavy (non-hydrogen) atoms. The number of imidazole rings is 1. The molecule has 1 N–H and O–H groups in total. The lowest BCUT2D eigenvalue weighted by atomic mass is 10.2. The standard InChI is InChI=1S/C13H16FN5/c1-2-9-11(14)13(18-8-17-9)19-7-3-4-10(19)12-15-5-6-16-12/h5-6,8,10H,2-4,7H2,1H3,(H,15,16). The summed E-state index contributed by atoms with van der Waals surface area (Å²) in [4.78, 5) is 17.5. The number of anilines is 1. The maximum Gasteiger partial charge on any atom is 0.187 e. The minimum absolute atomic E-state index is 0.0732. The van der Waals surface area contributed by atoms with Crippen LogP contribution in [-0.2, 0) is 6.42 Å². The van der Waals surface area contributed by atoms with E-state index in [0.29, 0.717) is 17.9 Å². The van der Waals surface area contributed by atoms with Gasteiger partial charge < -0.3 is 9.88 Å². The van der Waals surface area contributed by atoms with Gasteiger partial charge in [0.15, 0.2) is 11.6 Å². The van der Waals surface area contributed by atoms with Crippen molar-refractivity contribution in [2.45, 2.75) is 32.2 Å². The number of aryl methyl sites for hydroxylation is 1. The van der Waals surface area contributed by atoms with Crippen molar-refractivity contribution in [2.24, 2.45) is 0 Å². The fourth-order valence-electron chi connectivity index (χ4n) is 2.61. The summed E-state index contributed by atoms with van der Waals surface area (Å²) >= 11 is 0. The molecule has 0 spiro atoms. The van der Waals surface area contributed by atoms with Crippen LogP contribution in [0.3, 0.4) is 0 Å². The molecule has 2 aromatic rings. The molecule has 1 aliphatic heterocycles. The summed E-state index contributed by atoms with van der Waals surface area (Å²) in [7, 11) is 0. The SMILES string of the molecule is CCc1ncnc(N2CCCC2c2ncc[nH]2)c1F. The Balaban J connectivity index is 1.97. The summed E-state index contributed by atoms with van der Waals surface area (Å²) in [5, 5.41) is 0. The Kier molecular flexibility index (Phi) is 3.15. The zero-order valence-electron chi connectivity index (χ0n) is 10.8. The van der Waals surface area contributed by atoms with Gasteiger partial charge in [-0.25, -0.2) is 19.3 Å². The molecule has 0 saturated carbocycles. The summed E-state index contributed by atoms with van der Waals surface area (Å²) in [6.07, 6.45) is 7.49. The monoisotopic (exact) mass is 261 g/mol. The molecule has 5 nitrogen and oxygen atoms in total. The van der Waals surface area contributed by atoms with Gasteiger partial charge in [0.05, 0.1) is 11.7 Å². The second kappa shape index (κ2) is 4.95. The van der Waals surface area contributed by atoms with Crippen molar-refractivity contribution in [1.29, 1.82) is 0 Å². The lowest BCUT2D eigenvalue weighted by molar-refractivity contribution is 0.573. The van der Waals surface area contributed by atoms with Gasteiger partial charge in [-0.15, -0.1) is 0 Å². The summed E-state index contributed by atoms with van der Waals surface area (Å²) in [6.45, 7) is 2.69. The maximum absolute atomic E-state index is 14.3. The minimum Gasteiger partial charge on any atom is -0.347 e. The topological polar surface area (TPSA) is 57.7 Å². The number of rotatable bonds is 3. The third kappa shape index (κ3) is 2.07. The number of nitrogens with zero attached hydrogens (tertiary/aromatic N) is 4. The predicted molar refractivity (Wildman–Crippen MR) is 69.3 cm³/mol. The lowest BCUT2D eigenvalue weighted by Gasteiger charge is -2.24. The first-order valence-corrected chi connectivity index (χ1v) is 6.56. The van der Waals surface area contributed by atoms with Crippen LogP contribution in [-0.4, -0.2) is 26.5 Å². The first kappa shape index (κ1) is 12.1. The van der Waals surface area contributed by atoms with Crippen LogP contribution in [0, 0.1) is 5.82 Å². The summed E-state index contributed by atoms with van der Waals surface area (Å²) in [5.74, 6) is 0.961. The van der Waals surface area contributed by atoms with Crippen LogP contribution >= 0.6 is 0 Å². The van der Waals surface area contributed by atoms with Crippen LogP contribution in [0.5, 0.6) is 0 Å². The highest BCUT2D eigenvalue weighted by Gasteiger charge is 2.31. The zero-order chi connectivity index (χ0) is 13.2. The van der Waals surface area contributed by atoms with E-state index in [1.165, 1.54) is 6.33 Å². The fraction of sp³-hybridized carbons (Fsp3) is 0.462. The van der Waals surface area contributed by atoms with Crippen molar-refractivity contribution in [3.05, 3.63) is 36.1 Å². The van der Waals surface area contributed by atoms with Gasteiger partial charge in [0.25, 0.3) is 0 Å². The number of H-pyrrole nitrogens is 1. The number of aromatic nitrogens is 4. The lowest BCUT2D eigenvalue weighted by Crippen LogP contribution is -2.26. The molecule has 0 bridgehead atoms. The van der Waals surface area contributed by atoms with Gasteiger partial charge in [-0.2, -0.15) is 0 Å². The summed E-state index contributed by atoms with van der Waals surface area (Å²) in [5.41, 5.74) is 0.468. The van der Waals surface area contributed by atoms with E-state index in [-0.39, 0.29) is 11.9 Å². The minimum atomic E-state index is -0.302. The number of aromatic amines is 1. The van der Waals surface area contributed by atoms with Crippen molar-refractivity contribution >= 4 is 5.82 Å². The average Bonchev–Trinajstić information content (AvgIpc) is 3.09. The average molecular weight is 261 g/mol. The van der Waals surface area contributed by atoms with E-state index in [2.05, 4.69) is 19.9 Å². The molecular weight excluding hydrogens is 245 g/mol. The molecule has 1 aliphatic rings. The Hall–Kier alpha value is -1.98. The molecule has 0 aliphatic carbocycles. The molecule has 0 amide bonds. The summed E-state index contributed by atoms with van der Waals surface area (Å²) in [6, 6.07) is 0.0732. The van der Waals surface area contributed by atoms with Crippen LogP contribution in [0.15, 0.2) is 18.7 Å². The Morgan fingerprint density at radius 1 is 1.42 bits per heavy atom. The maximum atomic E-state index is 14.3. The van der Waals surface area contributed by atoms with E-state index in [1.807, 2.05) is 11.8 Å². The quantitative estimate of drug-likeness (QED) is 0.920. The van der Waals surface area contributed by atoms with Crippen molar-refractivity contribution in [1.82, 2.24) is 19.9 Å². The van der Waals surface area contributed by atoms with Crippen LogP contribution in [0.25, 0.3) is 0 Å². The molecule has 6 heteroatoms. The second-order valence-corrected chi connectivity index (χ2v) is 4.64. The molecule has 2 aromatic heterocycles. The van der Waals surface area contributed by atoms with Crippen LogP contribution in [0.2, 0.25) is 0 Å². The van der Waals surface area contributed by atoms with Crippen molar-refractivity contribution in [3.63, 3.8) is 0 Å². The molecular formula is C13H16FN5. The highest BCUT2D eigenvalue weighted by Crippen LogP contribution is 2.34. The number of hydrogen-bond acceptors (Lipinski definition) is 4. The molecule has 0 radical (unpaired) electrons. The predicted octanol–water partition coefficient (Wildman–Crippen LogP) is 2.24. The Morgan fingerprint density at radius 2 is 2.32 bits per heavy atom. The first-order chi connectivity index (χ1) is 9.31. The van der Waals surface area contributed by atoms with Gasteiger partial charge in [0.1, 0.15) is 12.2 Å². The van der Waals surface area contributed by atoms with Gasteiger partial charge in [-0.1, -0.05) is 6.92 Å². The van der Waals surface area contributed by atoms with Crippen molar-refractivity contribution in [2.75, 3.05) is 11.4 Å². The first-order valence-electron chi connectivity index (χ1n) is 6.56. The van der Waals surface area contributed by atoms with E-state index in [4.69, 9.17) is 0 Å². The molecule has 0 aromatic carbocycles. The smallest absolute Gasteiger partial charge is 0.187 e. The van der Waals surface area contributed by atoms with Gasteiger partial charge in [-0.05, 0) is 19.3 Å². The Bertz CT molecular complexity index is 554. The Morgan fingerprint density at radius 3 is 3.05 bits per heavy atom. The van der Waals surface area contributed by atoms with Crippen LogP contribution in [0.4, 0.5) is 10.2 Å². The zero-order valence-corrected chi connectivity index (χ0v) is 10.8. The van der Waals surface area contributed by atoms with Gasteiger partial charge in [0.2, 0.25) is 0 Å². The van der Waals surface area contributed by atoms with Crippen LogP contribution in [0.1, 0.15) is 37.3 Å². The second-order valence-electron chi connectivity index (χ2n) is 4.64. The van der Waals surface area contributed by atoms with E-state index >= 15 is 0 Å². The van der Waals surface area contributed by atoms with Gasteiger partial charge >= 0.3 is 0 Å². The molecule has 1 atom stereocenters. The normalized spacial score (nSPS) is 19.1.